The van der Waals surface area contributed by atoms with E-state index in [0.717, 1.165) is 30.6 Å². The van der Waals surface area contributed by atoms with Crippen LogP contribution in [0.4, 0.5) is 5.95 Å². The zero-order valence-corrected chi connectivity index (χ0v) is 9.79. The number of aromatic nitrogens is 2. The van der Waals surface area contributed by atoms with Crippen LogP contribution in [-0.4, -0.2) is 16.1 Å². The van der Waals surface area contributed by atoms with Crippen molar-refractivity contribution >= 4 is 5.95 Å². The van der Waals surface area contributed by atoms with Crippen molar-refractivity contribution < 1.29 is 0 Å². The second kappa shape index (κ2) is 4.69. The highest BCUT2D eigenvalue weighted by molar-refractivity contribution is 5.28. The molecule has 0 saturated heterocycles. The van der Waals surface area contributed by atoms with E-state index in [4.69, 9.17) is 0 Å². The van der Waals surface area contributed by atoms with Gasteiger partial charge in [-0.05, 0) is 32.1 Å². The molecule has 1 saturated carbocycles. The van der Waals surface area contributed by atoms with Gasteiger partial charge in [0.05, 0.1) is 5.69 Å². The third kappa shape index (κ3) is 2.98. The molecular weight excluding hydrogens is 186 g/mol. The minimum Gasteiger partial charge on any atom is -0.356 e. The van der Waals surface area contributed by atoms with Gasteiger partial charge in [-0.3, -0.25) is 0 Å². The lowest BCUT2D eigenvalue weighted by atomic mass is 10.3. The molecule has 3 heteroatoms. The van der Waals surface area contributed by atoms with E-state index in [0.29, 0.717) is 0 Å². The first-order valence-electron chi connectivity index (χ1n) is 6.07. The van der Waals surface area contributed by atoms with E-state index in [1.165, 1.54) is 25.7 Å². The first-order chi connectivity index (χ1) is 7.29. The van der Waals surface area contributed by atoms with Gasteiger partial charge < -0.3 is 9.88 Å². The van der Waals surface area contributed by atoms with Crippen molar-refractivity contribution in [2.75, 3.05) is 11.9 Å². The van der Waals surface area contributed by atoms with E-state index in [-0.39, 0.29) is 0 Å². The molecule has 1 aromatic rings. The van der Waals surface area contributed by atoms with E-state index in [1.807, 2.05) is 0 Å². The fraction of sp³-hybridized carbons (Fsp3) is 0.750. The van der Waals surface area contributed by atoms with Crippen LogP contribution in [0.25, 0.3) is 0 Å². The summed E-state index contributed by atoms with van der Waals surface area (Å²) < 4.78 is 2.28. The van der Waals surface area contributed by atoms with Gasteiger partial charge in [-0.25, -0.2) is 4.98 Å². The van der Waals surface area contributed by atoms with Crippen molar-refractivity contribution in [1.82, 2.24) is 9.55 Å². The van der Waals surface area contributed by atoms with Gasteiger partial charge in [-0.1, -0.05) is 13.3 Å². The Morgan fingerprint density at radius 1 is 1.53 bits per heavy atom. The van der Waals surface area contributed by atoms with Crippen LogP contribution in [-0.2, 0) is 6.54 Å². The molecule has 0 bridgehead atoms. The molecule has 0 aliphatic heterocycles. The summed E-state index contributed by atoms with van der Waals surface area (Å²) in [5.41, 5.74) is 1.12. The fourth-order valence-electron chi connectivity index (χ4n) is 1.78. The van der Waals surface area contributed by atoms with Gasteiger partial charge in [0.2, 0.25) is 5.95 Å². The maximum Gasteiger partial charge on any atom is 0.203 e. The molecule has 84 valence electrons. The molecule has 0 atom stereocenters. The van der Waals surface area contributed by atoms with Crippen LogP contribution in [0.1, 0.15) is 38.3 Å². The van der Waals surface area contributed by atoms with Crippen molar-refractivity contribution in [3.63, 3.8) is 0 Å². The van der Waals surface area contributed by atoms with Crippen molar-refractivity contribution in [3.8, 4) is 0 Å². The number of nitrogens with one attached hydrogen (secondary N) is 1. The van der Waals surface area contributed by atoms with Gasteiger partial charge >= 0.3 is 0 Å². The molecule has 1 aliphatic rings. The zero-order valence-electron chi connectivity index (χ0n) is 9.79. The molecule has 1 fully saturated rings. The first-order valence-corrected chi connectivity index (χ1v) is 6.07. The Morgan fingerprint density at radius 2 is 2.33 bits per heavy atom. The second-order valence-corrected chi connectivity index (χ2v) is 4.58. The Labute approximate surface area is 91.9 Å². The summed E-state index contributed by atoms with van der Waals surface area (Å²) in [5.74, 6) is 1.97. The van der Waals surface area contributed by atoms with Crippen LogP contribution in [0.15, 0.2) is 6.20 Å². The summed E-state index contributed by atoms with van der Waals surface area (Å²) in [4.78, 5) is 4.52. The van der Waals surface area contributed by atoms with E-state index < -0.39 is 0 Å². The van der Waals surface area contributed by atoms with Crippen molar-refractivity contribution in [3.05, 3.63) is 11.9 Å². The summed E-state index contributed by atoms with van der Waals surface area (Å²) in [5, 5.41) is 3.42. The average molecular weight is 207 g/mol. The Balaban J connectivity index is 1.93. The van der Waals surface area contributed by atoms with Crippen molar-refractivity contribution in [2.45, 2.75) is 46.1 Å². The Kier molecular flexibility index (Phi) is 3.29. The summed E-state index contributed by atoms with van der Waals surface area (Å²) in [6.07, 6.45) is 7.40. The molecule has 1 N–H and O–H groups in total. The van der Waals surface area contributed by atoms with Crippen LogP contribution >= 0.6 is 0 Å². The quantitative estimate of drug-likeness (QED) is 0.727. The molecule has 0 unspecified atom stereocenters. The molecule has 1 aliphatic carbocycles. The summed E-state index contributed by atoms with van der Waals surface area (Å²) in [6, 6.07) is 0. The van der Waals surface area contributed by atoms with Gasteiger partial charge in [0.25, 0.3) is 0 Å². The molecule has 1 heterocycles. The number of aryl methyl sites for hydroxylation is 1. The molecule has 15 heavy (non-hydrogen) atoms. The van der Waals surface area contributed by atoms with Crippen LogP contribution < -0.4 is 5.32 Å². The monoisotopic (exact) mass is 207 g/mol. The highest BCUT2D eigenvalue weighted by Crippen LogP contribution is 2.31. The van der Waals surface area contributed by atoms with E-state index >= 15 is 0 Å². The maximum atomic E-state index is 4.52. The Hall–Kier alpha value is -0.990. The van der Waals surface area contributed by atoms with Crippen LogP contribution in [0.5, 0.6) is 0 Å². The van der Waals surface area contributed by atoms with Crippen molar-refractivity contribution in [2.24, 2.45) is 5.92 Å². The zero-order chi connectivity index (χ0) is 10.7. The van der Waals surface area contributed by atoms with Crippen LogP contribution in [0.3, 0.4) is 0 Å². The highest BCUT2D eigenvalue weighted by atomic mass is 15.2. The van der Waals surface area contributed by atoms with Gasteiger partial charge in [0.15, 0.2) is 0 Å². The van der Waals surface area contributed by atoms with E-state index in [9.17, 15) is 0 Å². The fourth-order valence-corrected chi connectivity index (χ4v) is 1.78. The average Bonchev–Trinajstić information content (AvgIpc) is 2.93. The first kappa shape index (κ1) is 10.5. The SMILES string of the molecule is CCCCNc1nc(C)cn1CC1CC1. The third-order valence-electron chi connectivity index (χ3n) is 2.86. The van der Waals surface area contributed by atoms with Gasteiger partial charge in [-0.15, -0.1) is 0 Å². The molecule has 0 radical (unpaired) electrons. The van der Waals surface area contributed by atoms with Gasteiger partial charge in [0.1, 0.15) is 0 Å². The van der Waals surface area contributed by atoms with Crippen LogP contribution in [0, 0.1) is 12.8 Å². The molecule has 0 amide bonds. The molecular formula is C12H21N3. The Bertz CT molecular complexity index is 313. The Morgan fingerprint density at radius 3 is 3.00 bits per heavy atom. The van der Waals surface area contributed by atoms with E-state index in [1.54, 1.807) is 0 Å². The molecule has 1 aromatic heterocycles. The summed E-state index contributed by atoms with van der Waals surface area (Å²) >= 11 is 0. The molecule has 2 rings (SSSR count). The number of unbranched alkanes of at least 4 members (excludes halogenated alkanes) is 1. The molecule has 0 aromatic carbocycles. The van der Waals surface area contributed by atoms with Crippen LogP contribution in [0.2, 0.25) is 0 Å². The number of hydrogen-bond donors (Lipinski definition) is 1. The third-order valence-corrected chi connectivity index (χ3v) is 2.86. The predicted molar refractivity (Wildman–Crippen MR) is 63.1 cm³/mol. The normalized spacial score (nSPS) is 15.6. The molecule has 3 nitrogen and oxygen atoms in total. The molecule has 0 spiro atoms. The number of anilines is 1. The predicted octanol–water partition coefficient (Wildman–Crippen LogP) is 2.81. The van der Waals surface area contributed by atoms with Gasteiger partial charge in [0, 0.05) is 19.3 Å². The number of hydrogen-bond acceptors (Lipinski definition) is 2. The lowest BCUT2D eigenvalue weighted by Crippen LogP contribution is -2.09. The number of rotatable bonds is 6. The summed E-state index contributed by atoms with van der Waals surface area (Å²) in [7, 11) is 0. The smallest absolute Gasteiger partial charge is 0.203 e. The topological polar surface area (TPSA) is 29.9 Å². The highest BCUT2D eigenvalue weighted by Gasteiger charge is 2.22. The van der Waals surface area contributed by atoms with E-state index in [2.05, 4.69) is 34.9 Å². The van der Waals surface area contributed by atoms with Gasteiger partial charge in [-0.2, -0.15) is 0 Å². The maximum absolute atomic E-state index is 4.52. The lowest BCUT2D eigenvalue weighted by Gasteiger charge is -2.08. The number of imidazole rings is 1. The summed E-state index contributed by atoms with van der Waals surface area (Å²) in [6.45, 7) is 6.46. The minimum absolute atomic E-state index is 0.908. The second-order valence-electron chi connectivity index (χ2n) is 4.58. The van der Waals surface area contributed by atoms with Crippen molar-refractivity contribution in [1.29, 1.82) is 0 Å². The minimum atomic E-state index is 0.908. The number of nitrogens with zero attached hydrogens (tertiary/aromatic N) is 2. The lowest BCUT2D eigenvalue weighted by molar-refractivity contribution is 0.629. The largest absolute Gasteiger partial charge is 0.356 e. The standard InChI is InChI=1S/C12H21N3/c1-3-4-7-13-12-14-10(2)8-15(12)9-11-5-6-11/h8,11H,3-7,9H2,1-2H3,(H,13,14).